The van der Waals surface area contributed by atoms with E-state index in [1.807, 2.05) is 0 Å². The summed E-state index contributed by atoms with van der Waals surface area (Å²) in [6.07, 6.45) is 3.72. The molecule has 1 aliphatic heterocycles. The molecule has 2 rings (SSSR count). The van der Waals surface area contributed by atoms with Crippen LogP contribution in [-0.4, -0.2) is 19.9 Å². The second-order valence-electron chi connectivity index (χ2n) is 5.72. The summed E-state index contributed by atoms with van der Waals surface area (Å²) in [4.78, 5) is 0. The Bertz CT molecular complexity index is 543. The number of nitrogens with one attached hydrogen (secondary N) is 1. The third-order valence-electron chi connectivity index (χ3n) is 3.99. The summed E-state index contributed by atoms with van der Waals surface area (Å²) in [7, 11) is -2.82. The van der Waals surface area contributed by atoms with Crippen LogP contribution in [0.1, 0.15) is 43.4 Å². The maximum atomic E-state index is 11.5. The lowest BCUT2D eigenvalue weighted by Gasteiger charge is -2.20. The Morgan fingerprint density at radius 1 is 1.45 bits per heavy atom. The van der Waals surface area contributed by atoms with Gasteiger partial charge in [-0.15, -0.1) is 0 Å². The molecule has 5 heteroatoms. The first-order valence-corrected chi connectivity index (χ1v) is 9.11. The van der Waals surface area contributed by atoms with Gasteiger partial charge in [-0.25, -0.2) is 8.42 Å². The fourth-order valence-corrected chi connectivity index (χ4v) is 4.83. The van der Waals surface area contributed by atoms with Crippen LogP contribution in [0, 0.1) is 5.92 Å². The molecule has 2 unspecified atom stereocenters. The van der Waals surface area contributed by atoms with E-state index in [-0.39, 0.29) is 12.0 Å². The number of hydrazine groups is 1. The highest BCUT2D eigenvalue weighted by molar-refractivity contribution is 7.91. The van der Waals surface area contributed by atoms with Gasteiger partial charge in [0.25, 0.3) is 0 Å². The lowest BCUT2D eigenvalue weighted by molar-refractivity contribution is 0.421. The van der Waals surface area contributed by atoms with Gasteiger partial charge in [-0.1, -0.05) is 37.6 Å². The monoisotopic (exact) mass is 296 g/mol. The number of hydrogen-bond donors (Lipinski definition) is 2. The minimum atomic E-state index is -2.82. The summed E-state index contributed by atoms with van der Waals surface area (Å²) < 4.78 is 23.1. The molecule has 1 fully saturated rings. The van der Waals surface area contributed by atoms with E-state index in [4.69, 9.17) is 5.84 Å². The number of aryl methyl sites for hydroxylation is 1. The molecular weight excluding hydrogens is 272 g/mol. The lowest BCUT2D eigenvalue weighted by atomic mass is 9.93. The summed E-state index contributed by atoms with van der Waals surface area (Å²) in [5.74, 6) is 6.52. The molecule has 1 aromatic carbocycles. The highest BCUT2D eigenvalue weighted by Crippen LogP contribution is 2.29. The van der Waals surface area contributed by atoms with Crippen molar-refractivity contribution in [1.82, 2.24) is 5.43 Å². The molecule has 0 saturated carbocycles. The fourth-order valence-electron chi connectivity index (χ4n) is 2.95. The van der Waals surface area contributed by atoms with Gasteiger partial charge in [-0.05, 0) is 36.3 Å². The fraction of sp³-hybridized carbons (Fsp3) is 0.600. The molecule has 4 nitrogen and oxygen atoms in total. The maximum absolute atomic E-state index is 11.5. The topological polar surface area (TPSA) is 72.2 Å². The van der Waals surface area contributed by atoms with Crippen molar-refractivity contribution in [2.24, 2.45) is 11.8 Å². The molecule has 1 aliphatic rings. The number of hydrogen-bond acceptors (Lipinski definition) is 4. The van der Waals surface area contributed by atoms with Gasteiger partial charge < -0.3 is 0 Å². The molecule has 20 heavy (non-hydrogen) atoms. The van der Waals surface area contributed by atoms with Crippen molar-refractivity contribution in [2.75, 3.05) is 11.5 Å². The van der Waals surface area contributed by atoms with E-state index in [1.165, 1.54) is 5.56 Å². The molecule has 0 bridgehead atoms. The van der Waals surface area contributed by atoms with Crippen LogP contribution in [0.5, 0.6) is 0 Å². The van der Waals surface area contributed by atoms with E-state index in [0.29, 0.717) is 11.5 Å². The van der Waals surface area contributed by atoms with Gasteiger partial charge in [0.15, 0.2) is 9.84 Å². The number of benzene rings is 1. The van der Waals surface area contributed by atoms with Crippen LogP contribution >= 0.6 is 0 Å². The Hall–Kier alpha value is -0.910. The van der Waals surface area contributed by atoms with E-state index in [1.54, 1.807) is 0 Å². The second-order valence-corrected chi connectivity index (χ2v) is 7.95. The molecule has 0 spiro atoms. The summed E-state index contributed by atoms with van der Waals surface area (Å²) in [5.41, 5.74) is 5.31. The standard InChI is InChI=1S/C15H24N2O2S/c1-2-4-12-5-3-6-14(9-12)15(17-16)10-13-7-8-20(18,19)11-13/h3,5-6,9,13,15,17H,2,4,7-8,10-11,16H2,1H3. The van der Waals surface area contributed by atoms with Crippen molar-refractivity contribution < 1.29 is 8.42 Å². The number of sulfone groups is 1. The van der Waals surface area contributed by atoms with E-state index < -0.39 is 9.84 Å². The minimum Gasteiger partial charge on any atom is -0.271 e. The Labute approximate surface area is 121 Å². The number of nitrogens with two attached hydrogens (primary N) is 1. The molecule has 1 saturated heterocycles. The van der Waals surface area contributed by atoms with Crippen molar-refractivity contribution in [3.05, 3.63) is 35.4 Å². The predicted molar refractivity (Wildman–Crippen MR) is 81.9 cm³/mol. The Balaban J connectivity index is 2.06. The largest absolute Gasteiger partial charge is 0.271 e. The van der Waals surface area contributed by atoms with Gasteiger partial charge in [0, 0.05) is 6.04 Å². The highest BCUT2D eigenvalue weighted by Gasteiger charge is 2.29. The van der Waals surface area contributed by atoms with E-state index in [2.05, 4.69) is 36.6 Å². The molecule has 0 amide bonds. The zero-order valence-electron chi connectivity index (χ0n) is 12.0. The highest BCUT2D eigenvalue weighted by atomic mass is 32.2. The van der Waals surface area contributed by atoms with Crippen molar-refractivity contribution in [3.8, 4) is 0 Å². The van der Waals surface area contributed by atoms with Gasteiger partial charge >= 0.3 is 0 Å². The van der Waals surface area contributed by atoms with Crippen molar-refractivity contribution in [1.29, 1.82) is 0 Å². The minimum absolute atomic E-state index is 0.0325. The zero-order valence-corrected chi connectivity index (χ0v) is 12.8. The molecule has 0 aliphatic carbocycles. The average Bonchev–Trinajstić information content (AvgIpc) is 2.76. The molecular formula is C15H24N2O2S. The number of rotatable bonds is 6. The van der Waals surface area contributed by atoms with Crippen molar-refractivity contribution >= 4 is 9.84 Å². The molecule has 3 N–H and O–H groups in total. The zero-order chi connectivity index (χ0) is 14.6. The SMILES string of the molecule is CCCc1cccc(C(CC2CCS(=O)(=O)C2)NN)c1. The van der Waals surface area contributed by atoms with Crippen LogP contribution < -0.4 is 11.3 Å². The first kappa shape index (κ1) is 15.5. The van der Waals surface area contributed by atoms with Gasteiger partial charge in [0.2, 0.25) is 0 Å². The molecule has 112 valence electrons. The normalized spacial score (nSPS) is 22.8. The van der Waals surface area contributed by atoms with Gasteiger partial charge in [0.1, 0.15) is 0 Å². The van der Waals surface area contributed by atoms with Crippen LogP contribution in [-0.2, 0) is 16.3 Å². The molecule has 1 aromatic rings. The lowest BCUT2D eigenvalue weighted by Crippen LogP contribution is -2.30. The Morgan fingerprint density at radius 2 is 2.25 bits per heavy atom. The summed E-state index contributed by atoms with van der Waals surface area (Å²) in [5, 5.41) is 0. The summed E-state index contributed by atoms with van der Waals surface area (Å²) in [6.45, 7) is 2.16. The molecule has 2 atom stereocenters. The third kappa shape index (κ3) is 4.04. The maximum Gasteiger partial charge on any atom is 0.150 e. The van der Waals surface area contributed by atoms with E-state index in [0.717, 1.165) is 31.2 Å². The molecule has 0 radical (unpaired) electrons. The van der Waals surface area contributed by atoms with Crippen LogP contribution in [0.3, 0.4) is 0 Å². The Kier molecular flexibility index (Phi) is 5.18. The predicted octanol–water partition coefficient (Wildman–Crippen LogP) is 1.97. The molecule has 1 heterocycles. The van der Waals surface area contributed by atoms with Crippen LogP contribution in [0.2, 0.25) is 0 Å². The summed E-state index contributed by atoms with van der Waals surface area (Å²) >= 11 is 0. The molecule has 0 aromatic heterocycles. The van der Waals surface area contributed by atoms with Crippen molar-refractivity contribution in [2.45, 2.75) is 38.6 Å². The summed E-state index contributed by atoms with van der Waals surface area (Å²) in [6, 6.07) is 8.45. The van der Waals surface area contributed by atoms with E-state index >= 15 is 0 Å². The van der Waals surface area contributed by atoms with Crippen LogP contribution in [0.15, 0.2) is 24.3 Å². The average molecular weight is 296 g/mol. The Morgan fingerprint density at radius 3 is 2.85 bits per heavy atom. The van der Waals surface area contributed by atoms with Crippen molar-refractivity contribution in [3.63, 3.8) is 0 Å². The van der Waals surface area contributed by atoms with Crippen LogP contribution in [0.4, 0.5) is 0 Å². The van der Waals surface area contributed by atoms with Gasteiger partial charge in [-0.2, -0.15) is 0 Å². The van der Waals surface area contributed by atoms with Crippen LogP contribution in [0.25, 0.3) is 0 Å². The first-order valence-electron chi connectivity index (χ1n) is 7.29. The first-order chi connectivity index (χ1) is 9.54. The second kappa shape index (κ2) is 6.70. The quantitative estimate of drug-likeness (QED) is 0.622. The smallest absolute Gasteiger partial charge is 0.150 e. The van der Waals surface area contributed by atoms with E-state index in [9.17, 15) is 8.42 Å². The third-order valence-corrected chi connectivity index (χ3v) is 5.83. The van der Waals surface area contributed by atoms with Gasteiger partial charge in [-0.3, -0.25) is 11.3 Å². The van der Waals surface area contributed by atoms with Gasteiger partial charge in [0.05, 0.1) is 11.5 Å².